The first kappa shape index (κ1) is 12.6. The van der Waals surface area contributed by atoms with Crippen LogP contribution in [0.1, 0.15) is 37.2 Å². The second kappa shape index (κ2) is 5.03. The van der Waals surface area contributed by atoms with Gasteiger partial charge in [-0.25, -0.2) is 9.97 Å². The molecule has 1 heterocycles. The summed E-state index contributed by atoms with van der Waals surface area (Å²) in [5, 5.41) is 0. The van der Waals surface area contributed by atoms with Gasteiger partial charge >= 0.3 is 0 Å². The van der Waals surface area contributed by atoms with Crippen molar-refractivity contribution in [2.75, 3.05) is 7.11 Å². The summed E-state index contributed by atoms with van der Waals surface area (Å²) in [6.45, 7) is 3.77. The van der Waals surface area contributed by atoms with Crippen LogP contribution in [0.25, 0.3) is 0 Å². The van der Waals surface area contributed by atoms with Crippen molar-refractivity contribution in [3.63, 3.8) is 0 Å². The SMILES string of the molecule is COc1nccnc1C(=O)CCC(C)(C)N. The molecular formula is C11H17N3O2. The first-order valence-corrected chi connectivity index (χ1v) is 5.11. The molecule has 0 atom stereocenters. The molecule has 5 nitrogen and oxygen atoms in total. The quantitative estimate of drug-likeness (QED) is 0.758. The molecular weight excluding hydrogens is 206 g/mol. The summed E-state index contributed by atoms with van der Waals surface area (Å²) in [7, 11) is 1.47. The summed E-state index contributed by atoms with van der Waals surface area (Å²) in [6, 6.07) is 0. The Morgan fingerprint density at radius 2 is 2.06 bits per heavy atom. The second-order valence-electron chi connectivity index (χ2n) is 4.33. The molecule has 0 saturated carbocycles. The molecule has 0 radical (unpaired) electrons. The summed E-state index contributed by atoms with van der Waals surface area (Å²) in [4.78, 5) is 19.7. The molecule has 0 saturated heterocycles. The summed E-state index contributed by atoms with van der Waals surface area (Å²) >= 11 is 0. The van der Waals surface area contributed by atoms with Crippen molar-refractivity contribution in [3.05, 3.63) is 18.1 Å². The van der Waals surface area contributed by atoms with Gasteiger partial charge in [0.15, 0.2) is 11.5 Å². The van der Waals surface area contributed by atoms with E-state index in [0.717, 1.165) is 0 Å². The van der Waals surface area contributed by atoms with E-state index in [0.29, 0.717) is 12.8 Å². The Hall–Kier alpha value is -1.49. The van der Waals surface area contributed by atoms with Gasteiger partial charge in [-0.2, -0.15) is 0 Å². The highest BCUT2D eigenvalue weighted by Crippen LogP contribution is 2.16. The standard InChI is InChI=1S/C11H17N3O2/c1-11(2,12)5-4-8(15)9-10(16-3)14-7-6-13-9/h6-7H,4-5,12H2,1-3H3. The highest BCUT2D eigenvalue weighted by atomic mass is 16.5. The fourth-order valence-electron chi connectivity index (χ4n) is 1.22. The highest BCUT2D eigenvalue weighted by Gasteiger charge is 2.18. The third-order valence-electron chi connectivity index (χ3n) is 2.12. The van der Waals surface area contributed by atoms with Crippen molar-refractivity contribution in [2.24, 2.45) is 5.73 Å². The first-order chi connectivity index (χ1) is 7.44. The van der Waals surface area contributed by atoms with E-state index in [4.69, 9.17) is 10.5 Å². The average Bonchev–Trinajstić information content (AvgIpc) is 2.25. The van der Waals surface area contributed by atoms with Crippen LogP contribution in [0.2, 0.25) is 0 Å². The minimum atomic E-state index is -0.356. The number of methoxy groups -OCH3 is 1. The number of ether oxygens (including phenoxy) is 1. The lowest BCUT2D eigenvalue weighted by molar-refractivity contribution is 0.0963. The van der Waals surface area contributed by atoms with Crippen LogP contribution in [-0.4, -0.2) is 28.4 Å². The minimum Gasteiger partial charge on any atom is -0.479 e. The predicted molar refractivity (Wildman–Crippen MR) is 60.4 cm³/mol. The van der Waals surface area contributed by atoms with Gasteiger partial charge in [-0.1, -0.05) is 0 Å². The van der Waals surface area contributed by atoms with Crippen molar-refractivity contribution in [2.45, 2.75) is 32.2 Å². The Labute approximate surface area is 95.0 Å². The predicted octanol–water partition coefficient (Wildman–Crippen LogP) is 1.19. The van der Waals surface area contributed by atoms with Crippen molar-refractivity contribution in [1.29, 1.82) is 0 Å². The van der Waals surface area contributed by atoms with Crippen LogP contribution in [0.15, 0.2) is 12.4 Å². The lowest BCUT2D eigenvalue weighted by Gasteiger charge is -2.17. The number of hydrogen-bond acceptors (Lipinski definition) is 5. The number of nitrogens with zero attached hydrogens (tertiary/aromatic N) is 2. The van der Waals surface area contributed by atoms with E-state index in [1.165, 1.54) is 19.5 Å². The molecule has 0 aromatic carbocycles. The van der Waals surface area contributed by atoms with Crippen LogP contribution in [0.4, 0.5) is 0 Å². The fraction of sp³-hybridized carbons (Fsp3) is 0.545. The molecule has 1 rings (SSSR count). The molecule has 0 amide bonds. The maximum Gasteiger partial charge on any atom is 0.243 e. The number of ketones is 1. The molecule has 0 fully saturated rings. The number of carbonyl (C=O) groups excluding carboxylic acids is 1. The number of hydrogen-bond donors (Lipinski definition) is 1. The van der Waals surface area contributed by atoms with Crippen LogP contribution >= 0.6 is 0 Å². The number of aromatic nitrogens is 2. The van der Waals surface area contributed by atoms with E-state index in [9.17, 15) is 4.79 Å². The Balaban J connectivity index is 2.73. The van der Waals surface area contributed by atoms with Gasteiger partial charge in [0.2, 0.25) is 5.88 Å². The molecule has 0 bridgehead atoms. The van der Waals surface area contributed by atoms with Crippen LogP contribution in [0, 0.1) is 0 Å². The van der Waals surface area contributed by atoms with Crippen molar-refractivity contribution >= 4 is 5.78 Å². The molecule has 88 valence electrons. The van der Waals surface area contributed by atoms with Gasteiger partial charge < -0.3 is 10.5 Å². The van der Waals surface area contributed by atoms with Crippen LogP contribution < -0.4 is 10.5 Å². The molecule has 0 aliphatic carbocycles. The van der Waals surface area contributed by atoms with Crippen LogP contribution in [0.5, 0.6) is 5.88 Å². The lowest BCUT2D eigenvalue weighted by atomic mass is 9.97. The average molecular weight is 223 g/mol. The molecule has 1 aromatic rings. The number of carbonyl (C=O) groups is 1. The van der Waals surface area contributed by atoms with Gasteiger partial charge in [-0.15, -0.1) is 0 Å². The minimum absolute atomic E-state index is 0.0940. The molecule has 5 heteroatoms. The third kappa shape index (κ3) is 3.58. The third-order valence-corrected chi connectivity index (χ3v) is 2.12. The smallest absolute Gasteiger partial charge is 0.243 e. The zero-order valence-electron chi connectivity index (χ0n) is 9.86. The summed E-state index contributed by atoms with van der Waals surface area (Å²) in [6.07, 6.45) is 3.91. The second-order valence-corrected chi connectivity index (χ2v) is 4.33. The van der Waals surface area contributed by atoms with Crippen molar-refractivity contribution < 1.29 is 9.53 Å². The Morgan fingerprint density at radius 1 is 1.44 bits per heavy atom. The summed E-state index contributed by atoms with van der Waals surface area (Å²) in [5.74, 6) is 0.172. The zero-order valence-corrected chi connectivity index (χ0v) is 9.86. The van der Waals surface area contributed by atoms with E-state index in [1.807, 2.05) is 13.8 Å². The summed E-state index contributed by atoms with van der Waals surface area (Å²) in [5.41, 5.74) is 5.73. The fourth-order valence-corrected chi connectivity index (χ4v) is 1.22. The van der Waals surface area contributed by atoms with Gasteiger partial charge in [0.1, 0.15) is 0 Å². The molecule has 16 heavy (non-hydrogen) atoms. The number of Topliss-reactive ketones (excluding diaryl/α,β-unsaturated/α-hetero) is 1. The summed E-state index contributed by atoms with van der Waals surface area (Å²) < 4.78 is 4.97. The van der Waals surface area contributed by atoms with E-state index in [-0.39, 0.29) is 22.9 Å². The van der Waals surface area contributed by atoms with E-state index >= 15 is 0 Å². The van der Waals surface area contributed by atoms with Gasteiger partial charge in [0.25, 0.3) is 0 Å². The largest absolute Gasteiger partial charge is 0.479 e. The van der Waals surface area contributed by atoms with Crippen LogP contribution in [0.3, 0.4) is 0 Å². The van der Waals surface area contributed by atoms with E-state index in [1.54, 1.807) is 0 Å². The van der Waals surface area contributed by atoms with Gasteiger partial charge in [0.05, 0.1) is 7.11 Å². The Morgan fingerprint density at radius 3 is 2.62 bits per heavy atom. The molecule has 0 unspecified atom stereocenters. The van der Waals surface area contributed by atoms with Gasteiger partial charge in [-0.3, -0.25) is 4.79 Å². The first-order valence-electron chi connectivity index (χ1n) is 5.11. The topological polar surface area (TPSA) is 78.1 Å². The Bertz CT molecular complexity index is 372. The molecule has 0 aliphatic rings. The number of rotatable bonds is 5. The maximum absolute atomic E-state index is 11.8. The van der Waals surface area contributed by atoms with Crippen LogP contribution in [-0.2, 0) is 0 Å². The van der Waals surface area contributed by atoms with Crippen molar-refractivity contribution in [3.8, 4) is 5.88 Å². The normalized spacial score (nSPS) is 11.2. The highest BCUT2D eigenvalue weighted by molar-refractivity contribution is 5.96. The lowest BCUT2D eigenvalue weighted by Crippen LogP contribution is -2.32. The Kier molecular flexibility index (Phi) is 3.95. The number of nitrogens with two attached hydrogens (primary N) is 1. The molecule has 2 N–H and O–H groups in total. The zero-order chi connectivity index (χ0) is 12.2. The monoisotopic (exact) mass is 223 g/mol. The molecule has 0 spiro atoms. The van der Waals surface area contributed by atoms with E-state index in [2.05, 4.69) is 9.97 Å². The maximum atomic E-state index is 11.8. The van der Waals surface area contributed by atoms with Crippen molar-refractivity contribution in [1.82, 2.24) is 9.97 Å². The van der Waals surface area contributed by atoms with E-state index < -0.39 is 0 Å². The van der Waals surface area contributed by atoms with Gasteiger partial charge in [0, 0.05) is 24.4 Å². The van der Waals surface area contributed by atoms with Gasteiger partial charge in [-0.05, 0) is 20.3 Å². The molecule has 1 aromatic heterocycles. The molecule has 0 aliphatic heterocycles.